The number of ether oxygens (including phenoxy) is 2. The Bertz CT molecular complexity index is 2500. The lowest BCUT2D eigenvalue weighted by Crippen LogP contribution is -2.33. The minimum absolute atomic E-state index is 0.133. The third-order valence-corrected chi connectivity index (χ3v) is 12.1. The number of aryl methyl sites for hydroxylation is 1. The van der Waals surface area contributed by atoms with Crippen molar-refractivity contribution >= 4 is 55.4 Å². The zero-order valence-electron chi connectivity index (χ0n) is 31.6. The largest absolute Gasteiger partial charge is 0.394 e. The van der Waals surface area contributed by atoms with E-state index in [2.05, 4.69) is 40.5 Å². The fourth-order valence-electron chi connectivity index (χ4n) is 6.88. The number of rotatable bonds is 12. The zero-order valence-corrected chi connectivity index (χ0v) is 33.2. The molecular weight excluding hydrogens is 812 g/mol. The number of nitrogens with one attached hydrogen (secondary N) is 2. The summed E-state index contributed by atoms with van der Waals surface area (Å²) in [6.45, 7) is 3.45. The van der Waals surface area contributed by atoms with E-state index in [0.717, 1.165) is 5.56 Å². The predicted octanol–water partition coefficient (Wildman–Crippen LogP) is 0.724. The lowest BCUT2D eigenvalue weighted by Gasteiger charge is -2.17. The highest BCUT2D eigenvalue weighted by Crippen LogP contribution is 2.34. The lowest BCUT2D eigenvalue weighted by atomic mass is 10.1. The number of nitrogens with zero attached hydrogens (tertiary/aromatic N) is 8. The molecule has 0 amide bonds. The zero-order chi connectivity index (χ0) is 42.0. The van der Waals surface area contributed by atoms with Crippen LogP contribution in [0.2, 0.25) is 5.28 Å². The van der Waals surface area contributed by atoms with Crippen LogP contribution in [0.3, 0.4) is 0 Å². The van der Waals surface area contributed by atoms with Gasteiger partial charge in [-0.2, -0.15) is 9.97 Å². The number of hydrogen-bond acceptors (Lipinski definition) is 18. The van der Waals surface area contributed by atoms with Gasteiger partial charge in [-0.25, -0.2) is 28.4 Å². The molecule has 2 aromatic carbocycles. The molecule has 6 aromatic rings. The third kappa shape index (κ3) is 8.71. The first-order valence-electron chi connectivity index (χ1n) is 18.5. The maximum Gasteiger partial charge on any atom is 0.226 e. The van der Waals surface area contributed by atoms with Gasteiger partial charge in [0.05, 0.1) is 36.5 Å². The van der Waals surface area contributed by atoms with Crippen LogP contribution in [-0.4, -0.2) is 140 Å². The van der Waals surface area contributed by atoms with E-state index in [1.807, 2.05) is 31.2 Å². The fourth-order valence-corrected chi connectivity index (χ4v) is 8.55. The Balaban J connectivity index is 0.000000181. The molecular formula is C37H43ClN10O10S. The summed E-state index contributed by atoms with van der Waals surface area (Å²) in [7, 11) is -3.54. The number of hydrogen-bond donors (Lipinski definition) is 8. The Morgan fingerprint density at radius 2 is 1.34 bits per heavy atom. The molecule has 6 heterocycles. The number of imidazole rings is 2. The van der Waals surface area contributed by atoms with E-state index < -0.39 is 71.6 Å². The van der Waals surface area contributed by atoms with Crippen molar-refractivity contribution in [2.75, 3.05) is 29.6 Å². The number of sulfone groups is 1. The van der Waals surface area contributed by atoms with Crippen molar-refractivity contribution < 1.29 is 48.5 Å². The monoisotopic (exact) mass is 854 g/mol. The number of aromatic nitrogens is 8. The van der Waals surface area contributed by atoms with Crippen molar-refractivity contribution in [1.29, 1.82) is 0 Å². The molecule has 2 saturated heterocycles. The van der Waals surface area contributed by atoms with E-state index in [1.165, 1.54) is 41.2 Å². The molecule has 22 heteroatoms. The quantitative estimate of drug-likeness (QED) is 0.0787. The summed E-state index contributed by atoms with van der Waals surface area (Å²) in [5.41, 5.74) is 3.80. The fraction of sp³-hybridized carbons (Fsp3) is 0.405. The van der Waals surface area contributed by atoms with Crippen LogP contribution >= 0.6 is 11.6 Å². The molecule has 2 fully saturated rings. The van der Waals surface area contributed by atoms with Crippen LogP contribution in [0.15, 0.2) is 78.5 Å². The molecule has 0 unspecified atom stereocenters. The molecule has 8 N–H and O–H groups in total. The number of benzene rings is 2. The molecule has 0 bridgehead atoms. The van der Waals surface area contributed by atoms with Gasteiger partial charge in [-0.15, -0.1) is 0 Å². The number of halogens is 1. The SMILES string of the molecule is C[C@H](CS(=O)(=O)c1ccccc1)Nc1nc(Cl)nc2c1ncn2[C@@H]1O[C@H](CO)[C@@H](O)[C@H]1O.Cc1ccccc1CNc1ncnc2c1ncn2[C@@H]1O[C@H](CO)[C@@H](O)[C@H]1O. The molecule has 0 spiro atoms. The minimum Gasteiger partial charge on any atom is -0.394 e. The van der Waals surface area contributed by atoms with Gasteiger partial charge >= 0.3 is 0 Å². The van der Waals surface area contributed by atoms with Gasteiger partial charge in [0.1, 0.15) is 43.0 Å². The Hall–Kier alpha value is -4.94. The number of anilines is 2. The van der Waals surface area contributed by atoms with E-state index in [-0.39, 0.29) is 39.5 Å². The van der Waals surface area contributed by atoms with Crippen molar-refractivity contribution in [3.8, 4) is 0 Å². The van der Waals surface area contributed by atoms with Gasteiger partial charge in [-0.1, -0.05) is 42.5 Å². The highest BCUT2D eigenvalue weighted by molar-refractivity contribution is 7.91. The lowest BCUT2D eigenvalue weighted by molar-refractivity contribution is -0.0511. The molecule has 0 radical (unpaired) electrons. The van der Waals surface area contributed by atoms with Crippen molar-refractivity contribution in [2.24, 2.45) is 0 Å². The van der Waals surface area contributed by atoms with Crippen LogP contribution in [-0.2, 0) is 25.9 Å². The van der Waals surface area contributed by atoms with Gasteiger partial charge in [0.15, 0.2) is 56.3 Å². The van der Waals surface area contributed by atoms with Gasteiger partial charge in [-0.05, 0) is 48.7 Å². The molecule has 20 nitrogen and oxygen atoms in total. The van der Waals surface area contributed by atoms with E-state index in [0.29, 0.717) is 23.5 Å². The van der Waals surface area contributed by atoms with Gasteiger partial charge in [0.2, 0.25) is 5.28 Å². The standard InChI is InChI=1S/C19H22ClN5O6S.C18H21N5O4/c1-10(8-32(29,30)11-5-3-2-4-6-11)22-16-13-17(24-19(20)23-16)25(9-21-13)18-15(28)14(27)12(7-26)31-18;1-10-4-2-3-5-11(10)6-19-16-13-17(21-8-20-16)23(9-22-13)18-15(26)14(25)12(7-24)27-18/h2-6,9-10,12,14-15,18,26-28H,7-8H2,1H3,(H,22,23,24);2-5,8-9,12,14-15,18,24-26H,6-7H2,1H3,(H,19,20,21)/t10-,12-,14-,15-,18-;12-,14-,15-,18-/m11/s1. The van der Waals surface area contributed by atoms with E-state index >= 15 is 0 Å². The normalized spacial score (nSPS) is 24.9. The third-order valence-electron chi connectivity index (χ3n) is 10.00. The van der Waals surface area contributed by atoms with E-state index in [4.69, 9.17) is 21.1 Å². The highest BCUT2D eigenvalue weighted by Gasteiger charge is 2.45. The molecule has 2 aliphatic heterocycles. The van der Waals surface area contributed by atoms with Gasteiger partial charge in [0.25, 0.3) is 0 Å². The summed E-state index contributed by atoms with van der Waals surface area (Å²) in [4.78, 5) is 25.6. The molecule has 4 aromatic heterocycles. The average molecular weight is 855 g/mol. The Morgan fingerprint density at radius 3 is 1.93 bits per heavy atom. The minimum atomic E-state index is -3.54. The molecule has 8 rings (SSSR count). The first-order chi connectivity index (χ1) is 28.3. The average Bonchev–Trinajstić information content (AvgIpc) is 3.99. The summed E-state index contributed by atoms with van der Waals surface area (Å²) in [5.74, 6) is 0.574. The number of fused-ring (bicyclic) bond motifs is 2. The second-order valence-corrected chi connectivity index (χ2v) is 16.5. The Morgan fingerprint density at radius 1 is 0.763 bits per heavy atom. The van der Waals surface area contributed by atoms with Crippen molar-refractivity contribution in [1.82, 2.24) is 39.0 Å². The van der Waals surface area contributed by atoms with Crippen molar-refractivity contribution in [3.05, 3.63) is 90.0 Å². The Kier molecular flexibility index (Phi) is 12.7. The van der Waals surface area contributed by atoms with E-state index in [9.17, 15) is 39.1 Å². The van der Waals surface area contributed by atoms with E-state index in [1.54, 1.807) is 29.7 Å². The van der Waals surface area contributed by atoms with Crippen LogP contribution in [0.5, 0.6) is 0 Å². The van der Waals surface area contributed by atoms with Gasteiger partial charge < -0.3 is 50.7 Å². The molecule has 59 heavy (non-hydrogen) atoms. The van der Waals surface area contributed by atoms with Crippen molar-refractivity contribution in [2.45, 2.75) is 80.4 Å². The smallest absolute Gasteiger partial charge is 0.226 e. The van der Waals surface area contributed by atoms with Crippen LogP contribution < -0.4 is 10.6 Å². The summed E-state index contributed by atoms with van der Waals surface area (Å²) >= 11 is 6.08. The van der Waals surface area contributed by atoms with Crippen LogP contribution in [0, 0.1) is 6.92 Å². The summed E-state index contributed by atoms with van der Waals surface area (Å²) in [5, 5.41) is 65.3. The first kappa shape index (κ1) is 42.2. The van der Waals surface area contributed by atoms with Crippen LogP contribution in [0.4, 0.5) is 11.6 Å². The second-order valence-electron chi connectivity index (χ2n) is 14.1. The second kappa shape index (κ2) is 17.7. The van der Waals surface area contributed by atoms with Gasteiger partial charge in [-0.3, -0.25) is 9.13 Å². The predicted molar refractivity (Wildman–Crippen MR) is 212 cm³/mol. The highest BCUT2D eigenvalue weighted by atomic mass is 35.5. The van der Waals surface area contributed by atoms with Gasteiger partial charge in [0, 0.05) is 12.6 Å². The summed E-state index contributed by atoms with van der Waals surface area (Å²) in [6, 6.07) is 15.6. The summed E-state index contributed by atoms with van der Waals surface area (Å²) in [6.07, 6.45) is -4.54. The number of aliphatic hydroxyl groups excluding tert-OH is 6. The first-order valence-corrected chi connectivity index (χ1v) is 20.5. The van der Waals surface area contributed by atoms with Crippen LogP contribution in [0.25, 0.3) is 22.3 Å². The summed E-state index contributed by atoms with van der Waals surface area (Å²) < 4.78 is 39.3. The molecule has 0 saturated carbocycles. The topological polar surface area (TPSA) is 285 Å². The maximum atomic E-state index is 12.7. The molecule has 0 aliphatic carbocycles. The van der Waals surface area contributed by atoms with Crippen LogP contribution in [0.1, 0.15) is 30.5 Å². The maximum absolute atomic E-state index is 12.7. The molecule has 9 atom stereocenters. The molecule has 2 aliphatic rings. The van der Waals surface area contributed by atoms with Crippen molar-refractivity contribution in [3.63, 3.8) is 0 Å². The Labute approximate surface area is 342 Å². The number of aliphatic hydroxyl groups is 6. The molecule has 314 valence electrons.